The predicted octanol–water partition coefficient (Wildman–Crippen LogP) is 4.63. The highest BCUT2D eigenvalue weighted by atomic mass is 19.4. The fraction of sp³-hybridized carbons (Fsp3) is 0.304. The van der Waals surface area contributed by atoms with Crippen LogP contribution in [0, 0.1) is 5.82 Å². The normalized spacial score (nSPS) is 18.4. The Bertz CT molecular complexity index is 1220. The number of pyridine rings is 1. The number of nitrogens with zero attached hydrogens (tertiary/aromatic N) is 2. The Kier molecular flexibility index (Phi) is 4.81. The zero-order valence-electron chi connectivity index (χ0n) is 16.9. The highest BCUT2D eigenvalue weighted by molar-refractivity contribution is 5.99. The van der Waals surface area contributed by atoms with Gasteiger partial charge in [-0.1, -0.05) is 12.1 Å². The number of ether oxygens (including phenoxy) is 1. The zero-order chi connectivity index (χ0) is 22.6. The Hall–Kier alpha value is -3.20. The molecule has 0 aliphatic carbocycles. The molecule has 9 heteroatoms. The molecule has 2 aliphatic heterocycles. The minimum atomic E-state index is -4.39. The van der Waals surface area contributed by atoms with Crippen molar-refractivity contribution in [1.82, 2.24) is 9.88 Å². The molecule has 32 heavy (non-hydrogen) atoms. The maximum atomic E-state index is 14.8. The van der Waals surface area contributed by atoms with Gasteiger partial charge in [-0.25, -0.2) is 9.37 Å². The number of nitrogen functional groups attached to an aromatic ring is 1. The summed E-state index contributed by atoms with van der Waals surface area (Å²) in [7, 11) is 0. The summed E-state index contributed by atoms with van der Waals surface area (Å²) >= 11 is 0. The summed E-state index contributed by atoms with van der Waals surface area (Å²) in [5, 5.41) is 0.634. The number of amides is 1. The van der Waals surface area contributed by atoms with E-state index in [9.17, 15) is 22.4 Å². The zero-order valence-corrected chi connectivity index (χ0v) is 16.9. The lowest BCUT2D eigenvalue weighted by Gasteiger charge is -2.18. The van der Waals surface area contributed by atoms with E-state index in [1.54, 1.807) is 0 Å². The molecule has 1 amide bonds. The number of rotatable bonds is 2. The summed E-state index contributed by atoms with van der Waals surface area (Å²) in [6, 6.07) is 7.68. The Morgan fingerprint density at radius 2 is 1.84 bits per heavy atom. The molecule has 1 fully saturated rings. The molecule has 3 heterocycles. The Morgan fingerprint density at radius 3 is 2.56 bits per heavy atom. The van der Waals surface area contributed by atoms with E-state index in [0.717, 1.165) is 28.8 Å². The number of halogens is 4. The van der Waals surface area contributed by atoms with Crippen LogP contribution in [0.4, 0.5) is 23.4 Å². The summed E-state index contributed by atoms with van der Waals surface area (Å²) in [5.41, 5.74) is 7.82. The van der Waals surface area contributed by atoms with Gasteiger partial charge in [-0.15, -0.1) is 0 Å². The van der Waals surface area contributed by atoms with Crippen molar-refractivity contribution in [3.63, 3.8) is 0 Å². The smallest absolute Gasteiger partial charge is 0.383 e. The van der Waals surface area contributed by atoms with Gasteiger partial charge in [-0.3, -0.25) is 4.79 Å². The minimum absolute atomic E-state index is 0.0637. The number of hydrogen-bond donors (Lipinski definition) is 1. The molecule has 2 N–H and O–H groups in total. The summed E-state index contributed by atoms with van der Waals surface area (Å²) in [5.74, 6) is -0.958. The first-order valence-electron chi connectivity index (χ1n) is 10.2. The molecule has 2 aliphatic rings. The third kappa shape index (κ3) is 3.46. The summed E-state index contributed by atoms with van der Waals surface area (Å²) < 4.78 is 58.7. The van der Waals surface area contributed by atoms with Crippen LogP contribution in [0.15, 0.2) is 36.4 Å². The number of benzene rings is 2. The quantitative estimate of drug-likeness (QED) is 0.584. The average Bonchev–Trinajstić information content (AvgIpc) is 3.43. The van der Waals surface area contributed by atoms with Gasteiger partial charge in [0.15, 0.2) is 0 Å². The second-order valence-electron chi connectivity index (χ2n) is 8.15. The number of alkyl halides is 3. The number of carbonyl (C=O) groups is 1. The van der Waals surface area contributed by atoms with E-state index in [1.807, 2.05) is 0 Å². The largest absolute Gasteiger partial charge is 0.416 e. The van der Waals surface area contributed by atoms with Gasteiger partial charge in [0.25, 0.3) is 5.91 Å². The van der Waals surface area contributed by atoms with Crippen LogP contribution in [-0.2, 0) is 24.1 Å². The first-order chi connectivity index (χ1) is 15.2. The summed E-state index contributed by atoms with van der Waals surface area (Å²) in [4.78, 5) is 18.9. The Balaban J connectivity index is 1.40. The molecule has 1 aromatic heterocycles. The standard InChI is InChI=1S/C23H19F4N3O2/c24-19-8-20-15(17-10-32-11-18(17)21(28)29-20)7-16(19)22(31)30-6-5-13(9-30)12-1-3-14(4-2-12)23(25,26)27/h1-4,7-8,13H,5-6,9-11H2,(H2,28,29)/t13-/m0/s1. The topological polar surface area (TPSA) is 68.5 Å². The SMILES string of the molecule is Nc1nc2cc(F)c(C(=O)N3CC[C@H](c4ccc(C(F)(F)F)cc4)C3)cc2c2c1COC2. The molecule has 3 aromatic rings. The predicted molar refractivity (Wildman–Crippen MR) is 109 cm³/mol. The lowest BCUT2D eigenvalue weighted by molar-refractivity contribution is -0.137. The molecule has 0 spiro atoms. The second kappa shape index (κ2) is 7.44. The lowest BCUT2D eigenvalue weighted by atomic mass is 9.97. The molecule has 0 unspecified atom stereocenters. The molecular weight excluding hydrogens is 426 g/mol. The van der Waals surface area contributed by atoms with E-state index in [4.69, 9.17) is 10.5 Å². The van der Waals surface area contributed by atoms with E-state index >= 15 is 0 Å². The van der Waals surface area contributed by atoms with Crippen LogP contribution in [0.1, 0.15) is 45.0 Å². The molecule has 0 saturated carbocycles. The van der Waals surface area contributed by atoms with Gasteiger partial charge in [-0.05, 0) is 35.7 Å². The maximum Gasteiger partial charge on any atom is 0.416 e. The van der Waals surface area contributed by atoms with E-state index < -0.39 is 23.5 Å². The third-order valence-electron chi connectivity index (χ3n) is 6.23. The number of anilines is 1. The molecule has 2 aromatic carbocycles. The van der Waals surface area contributed by atoms with Crippen molar-refractivity contribution < 1.29 is 27.1 Å². The van der Waals surface area contributed by atoms with Crippen LogP contribution >= 0.6 is 0 Å². The number of hydrogen-bond acceptors (Lipinski definition) is 4. The monoisotopic (exact) mass is 445 g/mol. The van der Waals surface area contributed by atoms with Crippen LogP contribution in [0.25, 0.3) is 10.9 Å². The van der Waals surface area contributed by atoms with Crippen LogP contribution in [0.5, 0.6) is 0 Å². The first kappa shape index (κ1) is 20.7. The van der Waals surface area contributed by atoms with E-state index in [2.05, 4.69) is 4.98 Å². The second-order valence-corrected chi connectivity index (χ2v) is 8.15. The highest BCUT2D eigenvalue weighted by Gasteiger charge is 2.33. The van der Waals surface area contributed by atoms with Gasteiger partial charge in [0, 0.05) is 36.0 Å². The van der Waals surface area contributed by atoms with Gasteiger partial charge >= 0.3 is 6.18 Å². The molecule has 5 rings (SSSR count). The van der Waals surface area contributed by atoms with E-state index in [-0.39, 0.29) is 11.5 Å². The van der Waals surface area contributed by atoms with Crippen molar-refractivity contribution in [3.05, 3.63) is 70.0 Å². The Labute approximate surface area is 180 Å². The van der Waals surface area contributed by atoms with Gasteiger partial charge in [0.1, 0.15) is 11.6 Å². The van der Waals surface area contributed by atoms with Crippen molar-refractivity contribution in [2.75, 3.05) is 18.8 Å². The number of fused-ring (bicyclic) bond motifs is 3. The highest BCUT2D eigenvalue weighted by Crippen LogP contribution is 2.35. The fourth-order valence-corrected chi connectivity index (χ4v) is 4.49. The van der Waals surface area contributed by atoms with Crippen molar-refractivity contribution in [3.8, 4) is 0 Å². The van der Waals surface area contributed by atoms with Crippen molar-refractivity contribution in [2.45, 2.75) is 31.7 Å². The maximum absolute atomic E-state index is 14.8. The molecule has 1 atom stereocenters. The number of likely N-dealkylation sites (tertiary alicyclic amines) is 1. The third-order valence-corrected chi connectivity index (χ3v) is 6.23. The van der Waals surface area contributed by atoms with Gasteiger partial charge in [0.2, 0.25) is 0 Å². The van der Waals surface area contributed by atoms with Crippen molar-refractivity contribution >= 4 is 22.6 Å². The van der Waals surface area contributed by atoms with E-state index in [1.165, 1.54) is 29.2 Å². The van der Waals surface area contributed by atoms with Crippen LogP contribution < -0.4 is 5.73 Å². The van der Waals surface area contributed by atoms with Crippen molar-refractivity contribution in [2.24, 2.45) is 0 Å². The summed E-state index contributed by atoms with van der Waals surface area (Å²) in [6.07, 6.45) is -3.80. The fourth-order valence-electron chi connectivity index (χ4n) is 4.49. The average molecular weight is 445 g/mol. The molecule has 1 saturated heterocycles. The molecule has 0 bridgehead atoms. The van der Waals surface area contributed by atoms with Crippen LogP contribution in [0.3, 0.4) is 0 Å². The molecule has 166 valence electrons. The molecule has 5 nitrogen and oxygen atoms in total. The van der Waals surface area contributed by atoms with Crippen LogP contribution in [-0.4, -0.2) is 28.9 Å². The summed E-state index contributed by atoms with van der Waals surface area (Å²) in [6.45, 7) is 1.34. The van der Waals surface area contributed by atoms with Crippen molar-refractivity contribution in [1.29, 1.82) is 0 Å². The van der Waals surface area contributed by atoms with Gasteiger partial charge < -0.3 is 15.4 Å². The number of nitrogens with two attached hydrogens (primary N) is 1. The lowest BCUT2D eigenvalue weighted by Crippen LogP contribution is -2.29. The van der Waals surface area contributed by atoms with Crippen LogP contribution in [0.2, 0.25) is 0 Å². The molecular formula is C23H19F4N3O2. The minimum Gasteiger partial charge on any atom is -0.383 e. The van der Waals surface area contributed by atoms with Gasteiger partial charge in [-0.2, -0.15) is 13.2 Å². The van der Waals surface area contributed by atoms with E-state index in [0.29, 0.717) is 49.4 Å². The molecule has 0 radical (unpaired) electrons. The number of carbonyl (C=O) groups excluding carboxylic acids is 1. The number of aromatic nitrogens is 1. The first-order valence-corrected chi connectivity index (χ1v) is 10.2. The Morgan fingerprint density at radius 1 is 1.12 bits per heavy atom. The van der Waals surface area contributed by atoms with Gasteiger partial charge in [0.05, 0.1) is 29.9 Å².